The molecule has 3 N–H and O–H groups in total. The van der Waals surface area contributed by atoms with Gasteiger partial charge in [-0.15, -0.1) is 0 Å². The Bertz CT molecular complexity index is 2080. The quantitative estimate of drug-likeness (QED) is 0.155. The number of piperazine rings is 1. The molecule has 1 aromatic heterocycles. The number of carbonyl (C=O) groups excluding carboxylic acids is 4. The molecule has 1 unspecified atom stereocenters. The van der Waals surface area contributed by atoms with E-state index in [1.54, 1.807) is 22.6 Å². The van der Waals surface area contributed by atoms with Crippen LogP contribution in [0.3, 0.4) is 0 Å². The Morgan fingerprint density at radius 3 is 2.52 bits per heavy atom. The fourth-order valence-corrected chi connectivity index (χ4v) is 7.76. The van der Waals surface area contributed by atoms with Crippen molar-refractivity contribution in [3.8, 4) is 0 Å². The lowest BCUT2D eigenvalue weighted by Crippen LogP contribution is -2.51. The summed E-state index contributed by atoms with van der Waals surface area (Å²) in [6.45, 7) is 4.84. The normalized spacial score (nSPS) is 18.6. The summed E-state index contributed by atoms with van der Waals surface area (Å²) >= 11 is 3.20. The van der Waals surface area contributed by atoms with Gasteiger partial charge in [-0.2, -0.15) is 0 Å². The Morgan fingerprint density at radius 1 is 1.00 bits per heavy atom. The number of carbonyl (C=O) groups is 4. The molecule has 0 aliphatic carbocycles. The first-order valence-electron chi connectivity index (χ1n) is 18.0. The highest BCUT2D eigenvalue weighted by Crippen LogP contribution is 2.33. The van der Waals surface area contributed by atoms with E-state index in [0.29, 0.717) is 41.8 Å². The zero-order chi connectivity index (χ0) is 37.9. The second kappa shape index (κ2) is 16.2. The molecule has 3 aromatic carbocycles. The number of nitrogens with one attached hydrogen (secondary N) is 3. The highest BCUT2D eigenvalue weighted by molar-refractivity contribution is 9.10. The Labute approximate surface area is 319 Å². The van der Waals surface area contributed by atoms with E-state index in [2.05, 4.69) is 59.0 Å². The van der Waals surface area contributed by atoms with Crippen LogP contribution in [0.5, 0.6) is 0 Å². The number of aromatic nitrogens is 2. The van der Waals surface area contributed by atoms with Crippen LogP contribution < -0.4 is 21.0 Å². The Balaban J connectivity index is 0.871. The molecule has 4 amide bonds. The largest absolute Gasteiger partial charge is 0.372 e. The average Bonchev–Trinajstić information content (AvgIpc) is 3.54. The first kappa shape index (κ1) is 37.4. The average molecular weight is 808 g/mol. The molecule has 4 heterocycles. The number of hydrogen-bond donors (Lipinski definition) is 3. The molecule has 0 spiro atoms. The Morgan fingerprint density at radius 2 is 1.78 bits per heavy atom. The molecule has 3 aliphatic heterocycles. The van der Waals surface area contributed by atoms with Crippen molar-refractivity contribution in [3.05, 3.63) is 82.1 Å². The first-order valence-corrected chi connectivity index (χ1v) is 18.8. The van der Waals surface area contributed by atoms with Crippen LogP contribution >= 0.6 is 15.9 Å². The minimum Gasteiger partial charge on any atom is -0.372 e. The lowest BCUT2D eigenvalue weighted by Gasteiger charge is -2.39. The predicted molar refractivity (Wildman–Crippen MR) is 201 cm³/mol. The van der Waals surface area contributed by atoms with E-state index in [4.69, 9.17) is 4.84 Å². The van der Waals surface area contributed by atoms with Gasteiger partial charge in [0.1, 0.15) is 11.3 Å². The molecule has 54 heavy (non-hydrogen) atoms. The van der Waals surface area contributed by atoms with Gasteiger partial charge in [0.05, 0.1) is 34.7 Å². The van der Waals surface area contributed by atoms with Crippen molar-refractivity contribution in [2.24, 2.45) is 13.0 Å². The van der Waals surface area contributed by atoms with E-state index in [1.807, 2.05) is 12.1 Å². The molecule has 284 valence electrons. The maximum atomic E-state index is 15.7. The third-order valence-electron chi connectivity index (χ3n) is 10.5. The number of hydroxylamine groups is 1. The molecule has 3 fully saturated rings. The molecule has 0 saturated carbocycles. The third kappa shape index (κ3) is 8.25. The summed E-state index contributed by atoms with van der Waals surface area (Å²) in [6.07, 6.45) is 4.35. The fourth-order valence-electron chi connectivity index (χ4n) is 7.43. The van der Waals surface area contributed by atoms with Crippen LogP contribution in [-0.2, 0) is 26.3 Å². The van der Waals surface area contributed by atoms with Crippen LogP contribution in [0.4, 0.5) is 25.8 Å². The number of hydrogen-bond acceptors (Lipinski definition) is 9. The topological polar surface area (TPSA) is 141 Å². The van der Waals surface area contributed by atoms with E-state index in [1.165, 1.54) is 24.5 Å². The minimum absolute atomic E-state index is 0.00378. The van der Waals surface area contributed by atoms with Gasteiger partial charge in [0, 0.05) is 69.4 Å². The summed E-state index contributed by atoms with van der Waals surface area (Å²) in [5.74, 6) is -2.82. The maximum Gasteiger partial charge on any atom is 0.277 e. The first-order chi connectivity index (χ1) is 26.0. The van der Waals surface area contributed by atoms with E-state index >= 15 is 4.39 Å². The van der Waals surface area contributed by atoms with Crippen molar-refractivity contribution < 1.29 is 32.8 Å². The van der Waals surface area contributed by atoms with Crippen LogP contribution in [0.2, 0.25) is 0 Å². The Kier molecular flexibility index (Phi) is 11.2. The molecule has 3 aliphatic rings. The van der Waals surface area contributed by atoms with Crippen molar-refractivity contribution in [3.63, 3.8) is 0 Å². The van der Waals surface area contributed by atoms with Crippen molar-refractivity contribution in [2.75, 3.05) is 62.6 Å². The standard InChI is InChI=1S/C38H41BrF2N8O5/c1-46-22-42-36-31(46)19-28(35(34(36)41)43-30-7-5-25(39)18-29(30)40)38(53)45-54-21-33(51)49-15-13-47(14-16-49)20-23-9-11-48(12-10-23)26-4-2-3-24(17-26)27-6-8-32(50)44-37(27)52/h2-5,7,17-19,22-23,27,43H,6,8-16,20-21H2,1H3,(H,45,53)(H,44,50,52). The minimum atomic E-state index is -0.836. The van der Waals surface area contributed by atoms with Gasteiger partial charge >= 0.3 is 0 Å². The zero-order valence-corrected chi connectivity index (χ0v) is 31.3. The van der Waals surface area contributed by atoms with Crippen molar-refractivity contribution in [1.82, 2.24) is 30.1 Å². The number of fused-ring (bicyclic) bond motifs is 1. The zero-order valence-electron chi connectivity index (χ0n) is 29.7. The number of amides is 4. The third-order valence-corrected chi connectivity index (χ3v) is 11.0. The number of nitrogens with zero attached hydrogens (tertiary/aromatic N) is 5. The Hall–Kier alpha value is -4.93. The van der Waals surface area contributed by atoms with Crippen LogP contribution in [-0.4, -0.2) is 95.4 Å². The van der Waals surface area contributed by atoms with Gasteiger partial charge < -0.3 is 19.7 Å². The molecule has 13 nitrogen and oxygen atoms in total. The summed E-state index contributed by atoms with van der Waals surface area (Å²) < 4.78 is 32.4. The number of halogens is 3. The van der Waals surface area contributed by atoms with Gasteiger partial charge in [-0.1, -0.05) is 28.1 Å². The lowest BCUT2D eigenvalue weighted by molar-refractivity contribution is -0.140. The number of imide groups is 1. The molecule has 7 rings (SSSR count). The van der Waals surface area contributed by atoms with Gasteiger partial charge in [-0.05, 0) is 67.1 Å². The van der Waals surface area contributed by atoms with E-state index in [9.17, 15) is 23.6 Å². The molecule has 3 saturated heterocycles. The predicted octanol–water partition coefficient (Wildman–Crippen LogP) is 4.60. The lowest BCUT2D eigenvalue weighted by atomic mass is 9.90. The molecular formula is C38H41BrF2N8O5. The second-order valence-electron chi connectivity index (χ2n) is 14.0. The monoisotopic (exact) mass is 806 g/mol. The van der Waals surface area contributed by atoms with Crippen molar-refractivity contribution >= 4 is 67.7 Å². The molecule has 0 radical (unpaired) electrons. The molecular weight excluding hydrogens is 766 g/mol. The van der Waals surface area contributed by atoms with Crippen molar-refractivity contribution in [2.45, 2.75) is 31.6 Å². The molecule has 4 aromatic rings. The van der Waals surface area contributed by atoms with Crippen LogP contribution in [0, 0.1) is 17.6 Å². The van der Waals surface area contributed by atoms with Crippen LogP contribution in [0.15, 0.2) is 59.3 Å². The second-order valence-corrected chi connectivity index (χ2v) is 14.9. The van der Waals surface area contributed by atoms with Gasteiger partial charge in [0.25, 0.3) is 11.8 Å². The van der Waals surface area contributed by atoms with Crippen molar-refractivity contribution in [1.29, 1.82) is 0 Å². The molecule has 1 atom stereocenters. The van der Waals surface area contributed by atoms with Crippen LogP contribution in [0.1, 0.15) is 47.5 Å². The SMILES string of the molecule is Cn1cnc2c(F)c(Nc3ccc(Br)cc3F)c(C(=O)NOCC(=O)N3CCN(CC4CCN(c5cccc(C6CCC(=O)NC6=O)c5)CC4)CC3)cc21. The fraction of sp³-hybridized carbons (Fsp3) is 0.395. The number of piperidine rings is 2. The van der Waals surface area contributed by atoms with E-state index < -0.39 is 24.1 Å². The maximum absolute atomic E-state index is 15.7. The smallest absolute Gasteiger partial charge is 0.277 e. The van der Waals surface area contributed by atoms with Gasteiger partial charge in [0.2, 0.25) is 11.8 Å². The number of rotatable bonds is 10. The number of aryl methyl sites for hydroxylation is 1. The van der Waals surface area contributed by atoms with E-state index in [0.717, 1.165) is 56.8 Å². The van der Waals surface area contributed by atoms with Gasteiger partial charge in [0.15, 0.2) is 12.4 Å². The summed E-state index contributed by atoms with van der Waals surface area (Å²) in [6, 6.07) is 13.7. The van der Waals surface area contributed by atoms with Crippen LogP contribution in [0.25, 0.3) is 11.0 Å². The number of benzene rings is 3. The van der Waals surface area contributed by atoms with Gasteiger partial charge in [-0.3, -0.25) is 34.2 Å². The summed E-state index contributed by atoms with van der Waals surface area (Å²) in [5, 5.41) is 5.14. The summed E-state index contributed by atoms with van der Waals surface area (Å²) in [4.78, 5) is 66.1. The van der Waals surface area contributed by atoms with E-state index in [-0.39, 0.29) is 46.1 Å². The highest BCUT2D eigenvalue weighted by atomic mass is 79.9. The number of anilines is 3. The highest BCUT2D eigenvalue weighted by Gasteiger charge is 2.30. The summed E-state index contributed by atoms with van der Waals surface area (Å²) in [7, 11) is 1.66. The number of imidazole rings is 1. The molecule has 16 heteroatoms. The van der Waals surface area contributed by atoms with Gasteiger partial charge in [-0.25, -0.2) is 19.2 Å². The summed E-state index contributed by atoms with van der Waals surface area (Å²) in [5.41, 5.74) is 4.15. The molecule has 0 bridgehead atoms.